The molecule has 0 fully saturated rings. The molecule has 1 amide bonds. The molecule has 1 aromatic carbocycles. The minimum atomic E-state index is -0.345. The zero-order valence-corrected chi connectivity index (χ0v) is 11.2. The van der Waals surface area contributed by atoms with Crippen LogP contribution in [0.2, 0.25) is 0 Å². The molecular formula is C14H16N4O2. The second kappa shape index (κ2) is 6.01. The van der Waals surface area contributed by atoms with Gasteiger partial charge >= 0.3 is 0 Å². The molecule has 0 aliphatic carbocycles. The van der Waals surface area contributed by atoms with Gasteiger partial charge in [0, 0.05) is 12.6 Å². The van der Waals surface area contributed by atoms with Gasteiger partial charge in [0.05, 0.1) is 11.4 Å². The van der Waals surface area contributed by atoms with Gasteiger partial charge in [0.2, 0.25) is 0 Å². The van der Waals surface area contributed by atoms with Crippen LogP contribution in [0.25, 0.3) is 0 Å². The third-order valence-corrected chi connectivity index (χ3v) is 2.82. The van der Waals surface area contributed by atoms with Crippen LogP contribution < -0.4 is 16.2 Å². The first-order valence-electron chi connectivity index (χ1n) is 6.35. The fourth-order valence-electron chi connectivity index (χ4n) is 1.89. The predicted octanol–water partition coefficient (Wildman–Crippen LogP) is 1.41. The number of nitrogens with one attached hydrogen (secondary N) is 1. The molecule has 6 nitrogen and oxygen atoms in total. The van der Waals surface area contributed by atoms with Gasteiger partial charge in [-0.2, -0.15) is 5.10 Å². The summed E-state index contributed by atoms with van der Waals surface area (Å²) in [6.45, 7) is 2.49. The van der Waals surface area contributed by atoms with Crippen molar-refractivity contribution in [1.29, 1.82) is 0 Å². The zero-order chi connectivity index (χ0) is 14.5. The smallest absolute Gasteiger partial charge is 0.278 e. The minimum Gasteiger partial charge on any atom is -0.397 e. The number of benzene rings is 1. The quantitative estimate of drug-likeness (QED) is 0.823. The summed E-state index contributed by atoms with van der Waals surface area (Å²) in [5, 5.41) is 6.03. The Morgan fingerprint density at radius 2 is 2.05 bits per heavy atom. The van der Waals surface area contributed by atoms with E-state index in [1.165, 1.54) is 12.1 Å². The fourth-order valence-corrected chi connectivity index (χ4v) is 1.89. The average molecular weight is 272 g/mol. The number of rotatable bonds is 4. The number of nitrogens with zero attached hydrogens (tertiary/aromatic N) is 2. The Kier molecular flexibility index (Phi) is 4.14. The Hall–Kier alpha value is -2.63. The number of anilines is 2. The van der Waals surface area contributed by atoms with E-state index in [0.29, 0.717) is 17.9 Å². The summed E-state index contributed by atoms with van der Waals surface area (Å²) in [7, 11) is 0. The molecule has 0 saturated carbocycles. The molecule has 0 aliphatic rings. The Bertz CT molecular complexity index is 646. The fraction of sp³-hybridized carbons (Fsp3) is 0.214. The SMILES string of the molecule is CCCN(C(=O)c1ccc(=O)[nH]n1)c1ccccc1N. The number of H-pyrrole nitrogens is 1. The van der Waals surface area contributed by atoms with E-state index in [-0.39, 0.29) is 17.2 Å². The van der Waals surface area contributed by atoms with Crippen molar-refractivity contribution in [3.63, 3.8) is 0 Å². The molecule has 104 valence electrons. The summed E-state index contributed by atoms with van der Waals surface area (Å²) in [5.41, 5.74) is 6.93. The average Bonchev–Trinajstić information content (AvgIpc) is 2.46. The first-order valence-corrected chi connectivity index (χ1v) is 6.35. The number of aromatic nitrogens is 2. The van der Waals surface area contributed by atoms with Gasteiger partial charge in [0.25, 0.3) is 11.5 Å². The van der Waals surface area contributed by atoms with Crippen LogP contribution in [0.15, 0.2) is 41.2 Å². The highest BCUT2D eigenvalue weighted by Gasteiger charge is 2.19. The lowest BCUT2D eigenvalue weighted by Gasteiger charge is -2.23. The van der Waals surface area contributed by atoms with E-state index in [4.69, 9.17) is 5.73 Å². The molecule has 3 N–H and O–H groups in total. The van der Waals surface area contributed by atoms with Crippen LogP contribution in [0, 0.1) is 0 Å². The second-order valence-corrected chi connectivity index (χ2v) is 4.32. The molecule has 0 spiro atoms. The lowest BCUT2D eigenvalue weighted by Crippen LogP contribution is -2.33. The second-order valence-electron chi connectivity index (χ2n) is 4.32. The third kappa shape index (κ3) is 2.85. The molecule has 2 aromatic rings. The van der Waals surface area contributed by atoms with Crippen molar-refractivity contribution in [3.05, 3.63) is 52.4 Å². The van der Waals surface area contributed by atoms with Crippen molar-refractivity contribution in [3.8, 4) is 0 Å². The Labute approximate surface area is 116 Å². The number of carbonyl (C=O) groups is 1. The van der Waals surface area contributed by atoms with Crippen molar-refractivity contribution >= 4 is 17.3 Å². The van der Waals surface area contributed by atoms with Crippen molar-refractivity contribution in [2.24, 2.45) is 0 Å². The van der Waals surface area contributed by atoms with Crippen molar-refractivity contribution in [2.45, 2.75) is 13.3 Å². The van der Waals surface area contributed by atoms with Crippen molar-refractivity contribution < 1.29 is 4.79 Å². The van der Waals surface area contributed by atoms with E-state index >= 15 is 0 Å². The molecule has 2 rings (SSSR count). The molecule has 1 aromatic heterocycles. The maximum Gasteiger partial charge on any atom is 0.278 e. The Morgan fingerprint density at radius 3 is 2.65 bits per heavy atom. The maximum absolute atomic E-state index is 12.5. The highest BCUT2D eigenvalue weighted by atomic mass is 16.2. The number of carbonyl (C=O) groups excluding carboxylic acids is 1. The van der Waals surface area contributed by atoms with E-state index in [1.807, 2.05) is 19.1 Å². The van der Waals surface area contributed by atoms with Gasteiger partial charge in [-0.15, -0.1) is 0 Å². The highest BCUT2D eigenvalue weighted by molar-refractivity contribution is 6.06. The normalized spacial score (nSPS) is 10.2. The summed E-state index contributed by atoms with van der Waals surface area (Å²) in [6.07, 6.45) is 0.781. The Balaban J connectivity index is 2.38. The molecular weight excluding hydrogens is 256 g/mol. The van der Waals surface area contributed by atoms with Gasteiger partial charge in [-0.1, -0.05) is 19.1 Å². The first-order chi connectivity index (χ1) is 9.63. The maximum atomic E-state index is 12.5. The van der Waals surface area contributed by atoms with E-state index in [0.717, 1.165) is 6.42 Å². The first kappa shape index (κ1) is 13.8. The van der Waals surface area contributed by atoms with Gasteiger partial charge in [0.1, 0.15) is 5.69 Å². The standard InChI is InChI=1S/C14H16N4O2/c1-2-9-18(12-6-4-3-5-10(12)15)14(20)11-7-8-13(19)17-16-11/h3-8H,2,9,15H2,1H3,(H,17,19). The lowest BCUT2D eigenvalue weighted by molar-refractivity contribution is 0.0981. The summed E-state index contributed by atoms with van der Waals surface area (Å²) < 4.78 is 0. The minimum absolute atomic E-state index is 0.182. The van der Waals surface area contributed by atoms with Crippen LogP contribution in [0.3, 0.4) is 0 Å². The van der Waals surface area contributed by atoms with Crippen LogP contribution in [0.4, 0.5) is 11.4 Å². The zero-order valence-electron chi connectivity index (χ0n) is 11.2. The predicted molar refractivity (Wildman–Crippen MR) is 77.7 cm³/mol. The Morgan fingerprint density at radius 1 is 1.30 bits per heavy atom. The number of para-hydroxylation sites is 2. The summed E-state index contributed by atoms with van der Waals surface area (Å²) in [4.78, 5) is 25.1. The highest BCUT2D eigenvalue weighted by Crippen LogP contribution is 2.23. The number of nitrogens with two attached hydrogens (primary N) is 1. The van der Waals surface area contributed by atoms with Crippen molar-refractivity contribution in [2.75, 3.05) is 17.2 Å². The van der Waals surface area contributed by atoms with E-state index in [1.54, 1.807) is 17.0 Å². The molecule has 0 saturated heterocycles. The van der Waals surface area contributed by atoms with Crippen molar-refractivity contribution in [1.82, 2.24) is 10.2 Å². The lowest BCUT2D eigenvalue weighted by atomic mass is 10.2. The van der Waals surface area contributed by atoms with Gasteiger partial charge < -0.3 is 10.6 Å². The third-order valence-electron chi connectivity index (χ3n) is 2.82. The molecule has 20 heavy (non-hydrogen) atoms. The molecule has 0 atom stereocenters. The van der Waals surface area contributed by atoms with Crippen LogP contribution in [-0.2, 0) is 0 Å². The number of aromatic amines is 1. The van der Waals surface area contributed by atoms with Gasteiger partial charge in [-0.3, -0.25) is 9.59 Å². The topological polar surface area (TPSA) is 92.1 Å². The number of nitrogen functional groups attached to an aromatic ring is 1. The van der Waals surface area contributed by atoms with Crippen LogP contribution in [-0.4, -0.2) is 22.6 Å². The molecule has 6 heteroatoms. The van der Waals surface area contributed by atoms with Crippen LogP contribution in [0.5, 0.6) is 0 Å². The molecule has 0 aliphatic heterocycles. The molecule has 0 radical (unpaired) electrons. The summed E-state index contributed by atoms with van der Waals surface area (Å²) in [6, 6.07) is 9.84. The van der Waals surface area contributed by atoms with E-state index in [2.05, 4.69) is 10.2 Å². The van der Waals surface area contributed by atoms with Gasteiger partial charge in [0.15, 0.2) is 0 Å². The van der Waals surface area contributed by atoms with E-state index < -0.39 is 0 Å². The molecule has 0 bridgehead atoms. The number of hydrogen-bond donors (Lipinski definition) is 2. The molecule has 1 heterocycles. The van der Waals surface area contributed by atoms with Gasteiger partial charge in [-0.05, 0) is 24.6 Å². The van der Waals surface area contributed by atoms with E-state index in [9.17, 15) is 9.59 Å². The van der Waals surface area contributed by atoms with Gasteiger partial charge in [-0.25, -0.2) is 5.10 Å². The molecule has 0 unspecified atom stereocenters. The number of hydrogen-bond acceptors (Lipinski definition) is 4. The largest absolute Gasteiger partial charge is 0.397 e. The summed E-state index contributed by atoms with van der Waals surface area (Å²) >= 11 is 0. The van der Waals surface area contributed by atoms with Crippen LogP contribution >= 0.6 is 0 Å². The van der Waals surface area contributed by atoms with Crippen LogP contribution in [0.1, 0.15) is 23.8 Å². The monoisotopic (exact) mass is 272 g/mol. The summed E-state index contributed by atoms with van der Waals surface area (Å²) in [5.74, 6) is -0.291. The number of amides is 1.